The predicted octanol–water partition coefficient (Wildman–Crippen LogP) is 2.11. The fourth-order valence-electron chi connectivity index (χ4n) is 2.59. The van der Waals surface area contributed by atoms with E-state index in [0.29, 0.717) is 24.3 Å². The molecule has 1 unspecified atom stereocenters. The van der Waals surface area contributed by atoms with Crippen molar-refractivity contribution in [1.29, 1.82) is 0 Å². The molecule has 5 nitrogen and oxygen atoms in total. The van der Waals surface area contributed by atoms with Crippen molar-refractivity contribution < 1.29 is 17.9 Å². The summed E-state index contributed by atoms with van der Waals surface area (Å²) in [4.78, 5) is 14.4. The van der Waals surface area contributed by atoms with E-state index in [4.69, 9.17) is 4.74 Å². The molecule has 1 amide bonds. The van der Waals surface area contributed by atoms with Crippen molar-refractivity contribution in [2.45, 2.75) is 19.4 Å². The van der Waals surface area contributed by atoms with E-state index in [1.807, 2.05) is 6.92 Å². The molecule has 0 saturated carbocycles. The van der Waals surface area contributed by atoms with Crippen LogP contribution in [-0.4, -0.2) is 50.4 Å². The number of amides is 1. The van der Waals surface area contributed by atoms with Crippen LogP contribution in [0, 0.1) is 0 Å². The number of hydrogen-bond donors (Lipinski definition) is 0. The largest absolute Gasteiger partial charge is 0.496 e. The lowest BCUT2D eigenvalue weighted by atomic mass is 10.1. The smallest absolute Gasteiger partial charge is 0.257 e. The Labute approximate surface area is 133 Å². The second kappa shape index (κ2) is 6.36. The zero-order valence-corrected chi connectivity index (χ0v) is 14.4. The number of ether oxygens (including phenoxy) is 1. The van der Waals surface area contributed by atoms with Crippen molar-refractivity contribution in [2.24, 2.45) is 0 Å². The molecule has 0 N–H and O–H groups in total. The minimum Gasteiger partial charge on any atom is -0.496 e. The van der Waals surface area contributed by atoms with Crippen molar-refractivity contribution >= 4 is 31.7 Å². The van der Waals surface area contributed by atoms with E-state index in [1.54, 1.807) is 23.1 Å². The number of sulfone groups is 1. The minimum atomic E-state index is -3.02. The maximum Gasteiger partial charge on any atom is 0.257 e. The standard InChI is InChI=1S/C14H18BrNO4S/c1-3-16(11-6-7-21(18,19)9-11)14(17)12-8-10(15)4-5-13(12)20-2/h4-5,8,11H,3,6-7,9H2,1-2H3. The van der Waals surface area contributed by atoms with Crippen LogP contribution in [0.3, 0.4) is 0 Å². The summed E-state index contributed by atoms with van der Waals surface area (Å²) in [6.45, 7) is 2.32. The lowest BCUT2D eigenvalue weighted by Gasteiger charge is -2.27. The van der Waals surface area contributed by atoms with Gasteiger partial charge < -0.3 is 9.64 Å². The summed E-state index contributed by atoms with van der Waals surface area (Å²) in [7, 11) is -1.51. The molecule has 2 rings (SSSR count). The van der Waals surface area contributed by atoms with E-state index in [1.165, 1.54) is 7.11 Å². The van der Waals surface area contributed by atoms with Gasteiger partial charge in [0, 0.05) is 17.1 Å². The van der Waals surface area contributed by atoms with Crippen LogP contribution in [0.25, 0.3) is 0 Å². The normalized spacial score (nSPS) is 20.2. The van der Waals surface area contributed by atoms with Gasteiger partial charge in [-0.1, -0.05) is 15.9 Å². The molecule has 1 heterocycles. The molecule has 0 radical (unpaired) electrons. The van der Waals surface area contributed by atoms with Crippen LogP contribution >= 0.6 is 15.9 Å². The van der Waals surface area contributed by atoms with Crippen LogP contribution in [0.4, 0.5) is 0 Å². The first-order valence-electron chi connectivity index (χ1n) is 6.73. The Morgan fingerprint density at radius 2 is 2.19 bits per heavy atom. The fourth-order valence-corrected chi connectivity index (χ4v) is 4.68. The maximum atomic E-state index is 12.7. The van der Waals surface area contributed by atoms with Gasteiger partial charge >= 0.3 is 0 Å². The van der Waals surface area contributed by atoms with E-state index in [2.05, 4.69) is 15.9 Å². The summed E-state index contributed by atoms with van der Waals surface area (Å²) in [6, 6.07) is 4.96. The summed E-state index contributed by atoms with van der Waals surface area (Å²) < 4.78 is 29.3. The van der Waals surface area contributed by atoms with Gasteiger partial charge in [0.15, 0.2) is 9.84 Å². The van der Waals surface area contributed by atoms with Gasteiger partial charge in [-0.3, -0.25) is 4.79 Å². The predicted molar refractivity (Wildman–Crippen MR) is 84.5 cm³/mol. The number of hydrogen-bond acceptors (Lipinski definition) is 4. The SMILES string of the molecule is CCN(C(=O)c1cc(Br)ccc1OC)C1CCS(=O)(=O)C1. The van der Waals surface area contributed by atoms with Crippen LogP contribution in [0.5, 0.6) is 5.75 Å². The topological polar surface area (TPSA) is 63.7 Å². The Morgan fingerprint density at radius 1 is 1.48 bits per heavy atom. The second-order valence-corrected chi connectivity index (χ2v) is 8.14. The molecule has 0 spiro atoms. The van der Waals surface area contributed by atoms with E-state index in [-0.39, 0.29) is 23.5 Å². The van der Waals surface area contributed by atoms with Gasteiger partial charge in [0.2, 0.25) is 0 Å². The number of nitrogens with zero attached hydrogens (tertiary/aromatic N) is 1. The average molecular weight is 376 g/mol. The number of methoxy groups -OCH3 is 1. The Bertz CT molecular complexity index is 644. The molecule has 0 aliphatic carbocycles. The highest BCUT2D eigenvalue weighted by molar-refractivity contribution is 9.10. The number of halogens is 1. The third kappa shape index (κ3) is 3.58. The van der Waals surface area contributed by atoms with E-state index in [0.717, 1.165) is 4.47 Å². The molecule has 1 aliphatic heterocycles. The minimum absolute atomic E-state index is 0.0445. The molecular formula is C14H18BrNO4S. The van der Waals surface area contributed by atoms with Gasteiger partial charge in [-0.25, -0.2) is 8.42 Å². The van der Waals surface area contributed by atoms with Crippen LogP contribution in [-0.2, 0) is 9.84 Å². The van der Waals surface area contributed by atoms with Crippen molar-refractivity contribution in [3.8, 4) is 5.75 Å². The molecule has 1 atom stereocenters. The van der Waals surface area contributed by atoms with E-state index >= 15 is 0 Å². The molecule has 1 aliphatic rings. The monoisotopic (exact) mass is 375 g/mol. The van der Waals surface area contributed by atoms with Gasteiger partial charge in [-0.05, 0) is 31.5 Å². The average Bonchev–Trinajstić information content (AvgIpc) is 2.79. The molecule has 116 valence electrons. The molecule has 21 heavy (non-hydrogen) atoms. The van der Waals surface area contributed by atoms with Crippen LogP contribution in [0.15, 0.2) is 22.7 Å². The molecule has 0 bridgehead atoms. The molecule has 0 aromatic heterocycles. The molecule has 1 aromatic carbocycles. The fraction of sp³-hybridized carbons (Fsp3) is 0.500. The molecular weight excluding hydrogens is 358 g/mol. The van der Waals surface area contributed by atoms with Gasteiger partial charge in [-0.2, -0.15) is 0 Å². The quantitative estimate of drug-likeness (QED) is 0.808. The first-order valence-corrected chi connectivity index (χ1v) is 9.34. The Kier molecular flexibility index (Phi) is 4.93. The summed E-state index contributed by atoms with van der Waals surface area (Å²) in [6.07, 6.45) is 0.498. The van der Waals surface area contributed by atoms with Gasteiger partial charge in [0.05, 0.1) is 24.2 Å². The molecule has 7 heteroatoms. The van der Waals surface area contributed by atoms with Crippen LogP contribution in [0.1, 0.15) is 23.7 Å². The van der Waals surface area contributed by atoms with Crippen molar-refractivity contribution in [3.63, 3.8) is 0 Å². The Morgan fingerprint density at radius 3 is 2.71 bits per heavy atom. The number of rotatable bonds is 4. The zero-order chi connectivity index (χ0) is 15.6. The molecule has 1 fully saturated rings. The van der Waals surface area contributed by atoms with Crippen molar-refractivity contribution in [2.75, 3.05) is 25.2 Å². The van der Waals surface area contributed by atoms with Crippen LogP contribution in [0.2, 0.25) is 0 Å². The van der Waals surface area contributed by atoms with Gasteiger partial charge in [-0.15, -0.1) is 0 Å². The Hall–Kier alpha value is -1.08. The highest BCUT2D eigenvalue weighted by atomic mass is 79.9. The van der Waals surface area contributed by atoms with Crippen molar-refractivity contribution in [1.82, 2.24) is 4.90 Å². The highest BCUT2D eigenvalue weighted by Gasteiger charge is 2.34. The summed E-state index contributed by atoms with van der Waals surface area (Å²) >= 11 is 3.34. The van der Waals surface area contributed by atoms with Crippen LogP contribution < -0.4 is 4.74 Å². The number of carbonyl (C=O) groups excluding carboxylic acids is 1. The lowest BCUT2D eigenvalue weighted by molar-refractivity contribution is 0.0705. The number of benzene rings is 1. The first kappa shape index (κ1) is 16.3. The second-order valence-electron chi connectivity index (χ2n) is 4.99. The highest BCUT2D eigenvalue weighted by Crippen LogP contribution is 2.27. The van der Waals surface area contributed by atoms with Crippen molar-refractivity contribution in [3.05, 3.63) is 28.2 Å². The maximum absolute atomic E-state index is 12.7. The molecule has 1 saturated heterocycles. The summed E-state index contributed by atoms with van der Waals surface area (Å²) in [5.74, 6) is 0.486. The first-order chi connectivity index (χ1) is 9.88. The number of carbonyl (C=O) groups is 1. The van der Waals surface area contributed by atoms with E-state index < -0.39 is 9.84 Å². The summed E-state index contributed by atoms with van der Waals surface area (Å²) in [5.41, 5.74) is 0.443. The van der Waals surface area contributed by atoms with Gasteiger partial charge in [0.1, 0.15) is 5.75 Å². The lowest BCUT2D eigenvalue weighted by Crippen LogP contribution is -2.41. The third-order valence-electron chi connectivity index (χ3n) is 3.64. The zero-order valence-electron chi connectivity index (χ0n) is 12.0. The Balaban J connectivity index is 2.31. The summed E-state index contributed by atoms with van der Waals surface area (Å²) in [5, 5.41) is 0. The third-order valence-corrected chi connectivity index (χ3v) is 5.89. The van der Waals surface area contributed by atoms with E-state index in [9.17, 15) is 13.2 Å². The van der Waals surface area contributed by atoms with Gasteiger partial charge in [0.25, 0.3) is 5.91 Å². The molecule has 1 aromatic rings.